The van der Waals surface area contributed by atoms with Crippen LogP contribution in [0.3, 0.4) is 0 Å². The van der Waals surface area contributed by atoms with Crippen molar-refractivity contribution in [3.8, 4) is 16.2 Å². The zero-order valence-electron chi connectivity index (χ0n) is 16.4. The molecule has 2 aromatic carbocycles. The van der Waals surface area contributed by atoms with Crippen LogP contribution in [-0.2, 0) is 22.6 Å². The van der Waals surface area contributed by atoms with Crippen LogP contribution in [0.1, 0.15) is 45.2 Å². The van der Waals surface area contributed by atoms with E-state index in [-0.39, 0.29) is 18.6 Å². The van der Waals surface area contributed by atoms with Crippen LogP contribution in [0.2, 0.25) is 0 Å². The van der Waals surface area contributed by atoms with Crippen LogP contribution in [0.5, 0.6) is 5.75 Å². The Morgan fingerprint density at radius 2 is 1.93 bits per heavy atom. The van der Waals surface area contributed by atoms with E-state index in [1.54, 1.807) is 6.07 Å². The summed E-state index contributed by atoms with van der Waals surface area (Å²) >= 11 is 1.38. The average Bonchev–Trinajstić information content (AvgIpc) is 3.23. The minimum absolute atomic E-state index is 0.0242. The van der Waals surface area contributed by atoms with Gasteiger partial charge in [-0.05, 0) is 48.6 Å². The van der Waals surface area contributed by atoms with Crippen LogP contribution in [0.4, 0.5) is 0 Å². The number of carbonyl (C=O) groups excluding carboxylic acids is 2. The van der Waals surface area contributed by atoms with Gasteiger partial charge in [-0.3, -0.25) is 4.79 Å². The second kappa shape index (κ2) is 7.95. The van der Waals surface area contributed by atoms with Crippen LogP contribution < -0.4 is 10.1 Å². The minimum Gasteiger partial charge on any atom is -0.488 e. The summed E-state index contributed by atoms with van der Waals surface area (Å²) in [5.41, 5.74) is 4.39. The number of para-hydroxylation sites is 1. The summed E-state index contributed by atoms with van der Waals surface area (Å²) in [6, 6.07) is 17.7. The standard InChI is InChI=1S/C24H21NO4S/c26-22(25-19-10-5-7-15-6-1-2-8-17(15)19)14-29-24(27)21-12-16-13-28-20-11-4-3-9-18(20)23(16)30-21/h1-4,6,8-9,11-12,19H,5,7,10,13-14H2,(H,25,26)/t19-/m0/s1. The highest BCUT2D eigenvalue weighted by molar-refractivity contribution is 7.17. The monoisotopic (exact) mass is 419 g/mol. The minimum atomic E-state index is -0.480. The normalized spacial score (nSPS) is 16.5. The maximum atomic E-state index is 12.5. The summed E-state index contributed by atoms with van der Waals surface area (Å²) < 4.78 is 11.0. The number of benzene rings is 2. The van der Waals surface area contributed by atoms with Crippen molar-refractivity contribution in [1.29, 1.82) is 0 Å². The SMILES string of the molecule is O=C(COC(=O)c1cc2c(s1)-c1ccccc1OC2)N[C@H]1CCCc2ccccc21. The van der Waals surface area contributed by atoms with Gasteiger partial charge in [-0.25, -0.2) is 4.79 Å². The number of aryl methyl sites for hydroxylation is 1. The first-order chi connectivity index (χ1) is 14.7. The van der Waals surface area contributed by atoms with E-state index >= 15 is 0 Å². The topological polar surface area (TPSA) is 64.6 Å². The summed E-state index contributed by atoms with van der Waals surface area (Å²) in [5, 5.41) is 3.01. The van der Waals surface area contributed by atoms with Gasteiger partial charge in [-0.2, -0.15) is 0 Å². The second-order valence-corrected chi connectivity index (χ2v) is 8.59. The summed E-state index contributed by atoms with van der Waals surface area (Å²) in [4.78, 5) is 26.4. The van der Waals surface area contributed by atoms with Crippen molar-refractivity contribution in [2.24, 2.45) is 0 Å². The molecule has 3 aromatic rings. The molecule has 0 saturated heterocycles. The molecule has 152 valence electrons. The van der Waals surface area contributed by atoms with Crippen LogP contribution >= 0.6 is 11.3 Å². The highest BCUT2D eigenvalue weighted by Gasteiger charge is 2.25. The van der Waals surface area contributed by atoms with Crippen molar-refractivity contribution >= 4 is 23.2 Å². The molecule has 0 bridgehead atoms. The molecule has 6 heteroatoms. The highest BCUT2D eigenvalue weighted by atomic mass is 32.1. The number of ether oxygens (including phenoxy) is 2. The first-order valence-corrected chi connectivity index (χ1v) is 10.9. The first-order valence-electron chi connectivity index (χ1n) is 10.1. The van der Waals surface area contributed by atoms with Crippen LogP contribution in [0.25, 0.3) is 10.4 Å². The van der Waals surface area contributed by atoms with Gasteiger partial charge >= 0.3 is 5.97 Å². The number of hydrogen-bond donors (Lipinski definition) is 1. The summed E-state index contributed by atoms with van der Waals surface area (Å²) in [6.45, 7) is 0.144. The predicted octanol–water partition coefficient (Wildman–Crippen LogP) is 4.66. The van der Waals surface area contributed by atoms with Crippen LogP contribution in [-0.4, -0.2) is 18.5 Å². The Morgan fingerprint density at radius 3 is 2.87 bits per heavy atom. The van der Waals surface area contributed by atoms with E-state index in [0.717, 1.165) is 46.6 Å². The molecule has 1 atom stereocenters. The molecule has 2 heterocycles. The molecule has 1 N–H and O–H groups in total. The van der Waals surface area contributed by atoms with E-state index in [1.807, 2.05) is 36.4 Å². The fraction of sp³-hybridized carbons (Fsp3) is 0.250. The third kappa shape index (κ3) is 3.59. The van der Waals surface area contributed by atoms with Crippen molar-refractivity contribution in [3.05, 3.63) is 76.2 Å². The van der Waals surface area contributed by atoms with Gasteiger partial charge in [0.1, 0.15) is 17.2 Å². The van der Waals surface area contributed by atoms with Crippen LogP contribution in [0, 0.1) is 0 Å². The average molecular weight is 420 g/mol. The maximum absolute atomic E-state index is 12.5. The lowest BCUT2D eigenvalue weighted by Gasteiger charge is -2.26. The molecule has 2 aliphatic rings. The van der Waals surface area contributed by atoms with E-state index in [1.165, 1.54) is 16.9 Å². The molecule has 0 saturated carbocycles. The molecule has 30 heavy (non-hydrogen) atoms. The number of esters is 1. The number of hydrogen-bond acceptors (Lipinski definition) is 5. The van der Waals surface area contributed by atoms with Gasteiger partial charge in [-0.1, -0.05) is 36.4 Å². The number of nitrogens with one attached hydrogen (secondary N) is 1. The van der Waals surface area contributed by atoms with Gasteiger partial charge in [0, 0.05) is 16.0 Å². The maximum Gasteiger partial charge on any atom is 0.348 e. The van der Waals surface area contributed by atoms with E-state index in [2.05, 4.69) is 17.4 Å². The molecule has 0 spiro atoms. The van der Waals surface area contributed by atoms with Crippen molar-refractivity contribution < 1.29 is 19.1 Å². The summed E-state index contributed by atoms with van der Waals surface area (Å²) in [7, 11) is 0. The summed E-state index contributed by atoms with van der Waals surface area (Å²) in [6.07, 6.45) is 2.97. The quantitative estimate of drug-likeness (QED) is 0.625. The number of fused-ring (bicyclic) bond motifs is 4. The Balaban J connectivity index is 1.23. The smallest absolute Gasteiger partial charge is 0.348 e. The molecular weight excluding hydrogens is 398 g/mol. The van der Waals surface area contributed by atoms with Crippen molar-refractivity contribution in [1.82, 2.24) is 5.32 Å². The van der Waals surface area contributed by atoms with Gasteiger partial charge in [0.05, 0.1) is 6.04 Å². The molecule has 1 aliphatic heterocycles. The number of amides is 1. The van der Waals surface area contributed by atoms with Crippen molar-refractivity contribution in [2.45, 2.75) is 31.9 Å². The van der Waals surface area contributed by atoms with Gasteiger partial charge in [0.2, 0.25) is 0 Å². The molecule has 0 fully saturated rings. The lowest BCUT2D eigenvalue weighted by atomic mass is 9.88. The van der Waals surface area contributed by atoms with Gasteiger partial charge in [0.15, 0.2) is 6.61 Å². The zero-order chi connectivity index (χ0) is 20.5. The molecule has 0 unspecified atom stereocenters. The second-order valence-electron chi connectivity index (χ2n) is 7.54. The number of carbonyl (C=O) groups is 2. The van der Waals surface area contributed by atoms with E-state index in [0.29, 0.717) is 11.5 Å². The lowest BCUT2D eigenvalue weighted by molar-refractivity contribution is -0.125. The fourth-order valence-corrected chi connectivity index (χ4v) is 5.23. The zero-order valence-corrected chi connectivity index (χ0v) is 17.2. The Hall–Kier alpha value is -3.12. The van der Waals surface area contributed by atoms with E-state index in [9.17, 15) is 9.59 Å². The van der Waals surface area contributed by atoms with E-state index < -0.39 is 5.97 Å². The van der Waals surface area contributed by atoms with Gasteiger partial charge < -0.3 is 14.8 Å². The molecular formula is C24H21NO4S. The largest absolute Gasteiger partial charge is 0.488 e. The number of thiophene rings is 1. The fourth-order valence-electron chi connectivity index (χ4n) is 4.14. The molecule has 5 nitrogen and oxygen atoms in total. The summed E-state index contributed by atoms with van der Waals surface area (Å²) in [5.74, 6) is 0.0602. The first kappa shape index (κ1) is 18.9. The third-order valence-electron chi connectivity index (χ3n) is 5.56. The number of rotatable bonds is 4. The Bertz CT molecular complexity index is 1120. The molecule has 5 rings (SSSR count). The predicted molar refractivity (Wildman–Crippen MR) is 115 cm³/mol. The Labute approximate surface area is 178 Å². The van der Waals surface area contributed by atoms with E-state index in [4.69, 9.17) is 9.47 Å². The molecule has 1 aliphatic carbocycles. The van der Waals surface area contributed by atoms with Crippen LogP contribution in [0.15, 0.2) is 54.6 Å². The molecule has 0 radical (unpaired) electrons. The van der Waals surface area contributed by atoms with Crippen molar-refractivity contribution in [3.63, 3.8) is 0 Å². The molecule has 1 aromatic heterocycles. The van der Waals surface area contributed by atoms with Gasteiger partial charge in [0.25, 0.3) is 5.91 Å². The third-order valence-corrected chi connectivity index (χ3v) is 6.75. The highest BCUT2D eigenvalue weighted by Crippen LogP contribution is 2.42. The van der Waals surface area contributed by atoms with Crippen molar-refractivity contribution in [2.75, 3.05) is 6.61 Å². The molecule has 1 amide bonds. The lowest BCUT2D eigenvalue weighted by Crippen LogP contribution is -2.34. The Kier molecular flexibility index (Phi) is 5.01. The Morgan fingerprint density at radius 1 is 1.10 bits per heavy atom. The van der Waals surface area contributed by atoms with Gasteiger partial charge in [-0.15, -0.1) is 11.3 Å².